The molecule has 4 fully saturated rings. The molecule has 2 N–H and O–H groups in total. The molecule has 2 aliphatic heterocycles. The number of methoxy groups -OCH3 is 1. The second-order valence-corrected chi connectivity index (χ2v) is 6.40. The summed E-state index contributed by atoms with van der Waals surface area (Å²) in [4.78, 5) is 0. The molecular formula is C13H21FN2O. The molecule has 0 aromatic heterocycles. The maximum absolute atomic E-state index is 13.9. The molecule has 4 aliphatic rings. The van der Waals surface area contributed by atoms with Gasteiger partial charge in [0.1, 0.15) is 6.17 Å². The highest BCUT2D eigenvalue weighted by Crippen LogP contribution is 2.57. The van der Waals surface area contributed by atoms with Crippen molar-refractivity contribution in [3.05, 3.63) is 0 Å². The van der Waals surface area contributed by atoms with Crippen molar-refractivity contribution >= 4 is 0 Å². The molecule has 17 heavy (non-hydrogen) atoms. The van der Waals surface area contributed by atoms with Gasteiger partial charge in [0.25, 0.3) is 0 Å². The van der Waals surface area contributed by atoms with Crippen LogP contribution in [0.4, 0.5) is 4.39 Å². The summed E-state index contributed by atoms with van der Waals surface area (Å²) < 4.78 is 19.5. The summed E-state index contributed by atoms with van der Waals surface area (Å²) in [6.45, 7) is 1.05. The fourth-order valence-corrected chi connectivity index (χ4v) is 4.34. The highest BCUT2D eigenvalue weighted by molar-refractivity contribution is 5.25. The van der Waals surface area contributed by atoms with Gasteiger partial charge in [0.15, 0.2) is 0 Å². The van der Waals surface area contributed by atoms with E-state index in [4.69, 9.17) is 4.74 Å². The quantitative estimate of drug-likeness (QED) is 0.755. The van der Waals surface area contributed by atoms with Gasteiger partial charge in [0.2, 0.25) is 0 Å². The van der Waals surface area contributed by atoms with Crippen molar-refractivity contribution in [3.63, 3.8) is 0 Å². The third-order valence-corrected chi connectivity index (χ3v) is 5.59. The standard InChI is InChI=1S/C13H21FN2O/c1-17-11-2-5-15-13(11)7-8(13)9-6-10(14)12(16-9)3-4-12/h8-11,15-16H,2-7H2,1H3. The first-order chi connectivity index (χ1) is 8.20. The van der Waals surface area contributed by atoms with E-state index in [-0.39, 0.29) is 11.1 Å². The van der Waals surface area contributed by atoms with Gasteiger partial charge in [-0.3, -0.25) is 0 Å². The highest BCUT2D eigenvalue weighted by Gasteiger charge is 2.68. The van der Waals surface area contributed by atoms with Gasteiger partial charge in [0, 0.05) is 24.2 Å². The molecule has 0 radical (unpaired) electrons. The fourth-order valence-electron chi connectivity index (χ4n) is 4.34. The SMILES string of the molecule is COC1CCNC12CC2C1CC(F)C2(CC2)N1. The Bertz CT molecular complexity index is 346. The molecule has 3 nitrogen and oxygen atoms in total. The van der Waals surface area contributed by atoms with Crippen LogP contribution in [-0.4, -0.2) is 43.0 Å². The van der Waals surface area contributed by atoms with Crippen LogP contribution in [0, 0.1) is 5.92 Å². The van der Waals surface area contributed by atoms with Crippen LogP contribution in [0.15, 0.2) is 0 Å². The van der Waals surface area contributed by atoms with Crippen molar-refractivity contribution in [1.82, 2.24) is 10.6 Å². The topological polar surface area (TPSA) is 33.3 Å². The Kier molecular flexibility index (Phi) is 2.03. The van der Waals surface area contributed by atoms with Gasteiger partial charge in [-0.25, -0.2) is 4.39 Å². The minimum Gasteiger partial charge on any atom is -0.379 e. The molecule has 0 aromatic carbocycles. The lowest BCUT2D eigenvalue weighted by Gasteiger charge is -2.22. The number of rotatable bonds is 2. The molecule has 2 spiro atoms. The summed E-state index contributed by atoms with van der Waals surface area (Å²) in [7, 11) is 1.80. The maximum Gasteiger partial charge on any atom is 0.120 e. The van der Waals surface area contributed by atoms with E-state index in [1.807, 2.05) is 0 Å². The van der Waals surface area contributed by atoms with E-state index >= 15 is 0 Å². The predicted molar refractivity (Wildman–Crippen MR) is 62.7 cm³/mol. The Morgan fingerprint density at radius 2 is 2.18 bits per heavy atom. The van der Waals surface area contributed by atoms with Crippen LogP contribution >= 0.6 is 0 Å². The molecule has 2 saturated heterocycles. The summed E-state index contributed by atoms with van der Waals surface area (Å²) in [5.41, 5.74) is 0.0577. The van der Waals surface area contributed by atoms with E-state index in [1.54, 1.807) is 7.11 Å². The van der Waals surface area contributed by atoms with Crippen molar-refractivity contribution in [3.8, 4) is 0 Å². The molecular weight excluding hydrogens is 219 g/mol. The Morgan fingerprint density at radius 1 is 1.35 bits per heavy atom. The third kappa shape index (κ3) is 1.32. The maximum atomic E-state index is 13.9. The van der Waals surface area contributed by atoms with Crippen molar-refractivity contribution in [2.24, 2.45) is 5.92 Å². The first kappa shape index (κ1) is 10.7. The third-order valence-electron chi connectivity index (χ3n) is 5.59. The van der Waals surface area contributed by atoms with Gasteiger partial charge in [0.05, 0.1) is 6.10 Å². The van der Waals surface area contributed by atoms with E-state index in [1.165, 1.54) is 0 Å². The minimum atomic E-state index is -0.618. The molecule has 2 heterocycles. The monoisotopic (exact) mass is 240 g/mol. The fraction of sp³-hybridized carbons (Fsp3) is 1.00. The largest absolute Gasteiger partial charge is 0.379 e. The number of alkyl halides is 1. The van der Waals surface area contributed by atoms with Crippen molar-refractivity contribution in [1.29, 1.82) is 0 Å². The van der Waals surface area contributed by atoms with E-state index in [2.05, 4.69) is 10.6 Å². The van der Waals surface area contributed by atoms with Gasteiger partial charge in [-0.15, -0.1) is 0 Å². The predicted octanol–water partition coefficient (Wildman–Crippen LogP) is 0.986. The van der Waals surface area contributed by atoms with Crippen LogP contribution in [0.3, 0.4) is 0 Å². The van der Waals surface area contributed by atoms with Gasteiger partial charge >= 0.3 is 0 Å². The van der Waals surface area contributed by atoms with E-state index in [9.17, 15) is 4.39 Å². The molecule has 4 rings (SSSR count). The first-order valence-corrected chi connectivity index (χ1v) is 6.90. The summed E-state index contributed by atoms with van der Waals surface area (Å²) in [6, 6.07) is 0.371. The zero-order chi connectivity index (χ0) is 11.7. The van der Waals surface area contributed by atoms with Crippen LogP contribution in [0.2, 0.25) is 0 Å². The van der Waals surface area contributed by atoms with Crippen molar-refractivity contribution in [2.75, 3.05) is 13.7 Å². The molecule has 2 aliphatic carbocycles. The second kappa shape index (κ2) is 3.22. The highest BCUT2D eigenvalue weighted by atomic mass is 19.1. The van der Waals surface area contributed by atoms with Gasteiger partial charge in [-0.1, -0.05) is 0 Å². The average Bonchev–Trinajstić information content (AvgIpc) is 3.13. The Labute approximate surface area is 101 Å². The number of ether oxygens (including phenoxy) is 1. The molecule has 0 bridgehead atoms. The van der Waals surface area contributed by atoms with E-state index in [0.717, 1.165) is 32.2 Å². The molecule has 0 aromatic rings. The second-order valence-electron chi connectivity index (χ2n) is 6.40. The molecule has 5 atom stereocenters. The Hall–Kier alpha value is -0.190. The summed E-state index contributed by atoms with van der Waals surface area (Å²) in [5, 5.41) is 7.19. The summed E-state index contributed by atoms with van der Waals surface area (Å²) >= 11 is 0. The van der Waals surface area contributed by atoms with Gasteiger partial charge in [-0.2, -0.15) is 0 Å². The normalized spacial score (nSPS) is 54.7. The van der Waals surface area contributed by atoms with E-state index in [0.29, 0.717) is 24.5 Å². The van der Waals surface area contributed by atoms with Crippen molar-refractivity contribution in [2.45, 2.75) is 61.5 Å². The minimum absolute atomic E-state index is 0.115. The zero-order valence-corrected chi connectivity index (χ0v) is 10.3. The van der Waals surface area contributed by atoms with Crippen LogP contribution < -0.4 is 10.6 Å². The average molecular weight is 240 g/mol. The van der Waals surface area contributed by atoms with Crippen LogP contribution in [-0.2, 0) is 4.74 Å². The van der Waals surface area contributed by atoms with Gasteiger partial charge in [-0.05, 0) is 44.6 Å². The van der Waals surface area contributed by atoms with Gasteiger partial charge < -0.3 is 15.4 Å². The van der Waals surface area contributed by atoms with Crippen LogP contribution in [0.1, 0.15) is 32.1 Å². The smallest absolute Gasteiger partial charge is 0.120 e. The lowest BCUT2D eigenvalue weighted by Crippen LogP contribution is -2.42. The molecule has 0 amide bonds. The molecule has 5 unspecified atom stereocenters. The number of hydrogen-bond acceptors (Lipinski definition) is 3. The summed E-state index contributed by atoms with van der Waals surface area (Å²) in [6.07, 6.45) is 4.76. The molecule has 4 heteroatoms. The Morgan fingerprint density at radius 3 is 2.82 bits per heavy atom. The van der Waals surface area contributed by atoms with E-state index < -0.39 is 6.17 Å². The number of hydrogen-bond donors (Lipinski definition) is 2. The van der Waals surface area contributed by atoms with Crippen LogP contribution in [0.25, 0.3) is 0 Å². The summed E-state index contributed by atoms with van der Waals surface area (Å²) in [5.74, 6) is 0.577. The lowest BCUT2D eigenvalue weighted by molar-refractivity contribution is 0.0766. The number of halogens is 1. The van der Waals surface area contributed by atoms with Crippen molar-refractivity contribution < 1.29 is 9.13 Å². The molecule has 96 valence electrons. The molecule has 2 saturated carbocycles. The lowest BCUT2D eigenvalue weighted by atomic mass is 10.0. The Balaban J connectivity index is 1.48. The first-order valence-electron chi connectivity index (χ1n) is 6.90. The zero-order valence-electron chi connectivity index (χ0n) is 10.3. The van der Waals surface area contributed by atoms with Crippen LogP contribution in [0.5, 0.6) is 0 Å². The number of nitrogens with one attached hydrogen (secondary N) is 2.